The highest BCUT2D eigenvalue weighted by Gasteiger charge is 2.31. The van der Waals surface area contributed by atoms with Crippen molar-refractivity contribution in [2.45, 2.75) is 38.1 Å². The van der Waals surface area contributed by atoms with E-state index in [1.54, 1.807) is 12.1 Å². The van der Waals surface area contributed by atoms with E-state index in [2.05, 4.69) is 16.3 Å². The van der Waals surface area contributed by atoms with Gasteiger partial charge in [-0.1, -0.05) is 0 Å². The fourth-order valence-corrected chi connectivity index (χ4v) is 3.07. The summed E-state index contributed by atoms with van der Waals surface area (Å²) in [4.78, 5) is 14.2. The van der Waals surface area contributed by atoms with Crippen LogP contribution >= 0.6 is 0 Å². The minimum absolute atomic E-state index is 0.268. The van der Waals surface area contributed by atoms with Crippen LogP contribution in [0.2, 0.25) is 0 Å². The van der Waals surface area contributed by atoms with E-state index in [1.807, 2.05) is 12.1 Å². The lowest BCUT2D eigenvalue weighted by Crippen LogP contribution is -2.45. The zero-order valence-electron chi connectivity index (χ0n) is 14.0. The first-order chi connectivity index (χ1) is 11.7. The first kappa shape index (κ1) is 16.8. The van der Waals surface area contributed by atoms with Crippen molar-refractivity contribution < 1.29 is 9.53 Å². The predicted octanol–water partition coefficient (Wildman–Crippen LogP) is 2.32. The molecule has 24 heavy (non-hydrogen) atoms. The molecule has 2 fully saturated rings. The number of nitriles is 1. The highest BCUT2D eigenvalue weighted by molar-refractivity contribution is 5.81. The molecule has 0 unspecified atom stereocenters. The maximum absolute atomic E-state index is 11.8. The Morgan fingerprint density at radius 1 is 1.21 bits per heavy atom. The summed E-state index contributed by atoms with van der Waals surface area (Å²) in [6.45, 7) is 3.81. The molecule has 1 heterocycles. The van der Waals surface area contributed by atoms with Gasteiger partial charge in [0.15, 0.2) is 0 Å². The second kappa shape index (κ2) is 8.16. The minimum atomic E-state index is 0.268. The second-order valence-electron chi connectivity index (χ2n) is 6.74. The lowest BCUT2D eigenvalue weighted by molar-refractivity contribution is -0.123. The summed E-state index contributed by atoms with van der Waals surface area (Å²) >= 11 is 0. The van der Waals surface area contributed by atoms with Gasteiger partial charge >= 0.3 is 0 Å². The maximum atomic E-state index is 11.8. The molecule has 1 aromatic rings. The van der Waals surface area contributed by atoms with Gasteiger partial charge in [-0.2, -0.15) is 5.26 Å². The monoisotopic (exact) mass is 327 g/mol. The van der Waals surface area contributed by atoms with E-state index >= 15 is 0 Å². The number of amides is 1. The van der Waals surface area contributed by atoms with Crippen LogP contribution < -0.4 is 10.1 Å². The number of likely N-dealkylation sites (tertiary alicyclic amines) is 1. The van der Waals surface area contributed by atoms with Crippen molar-refractivity contribution in [2.75, 3.05) is 26.2 Å². The Hall–Kier alpha value is -2.06. The summed E-state index contributed by atoms with van der Waals surface area (Å²) < 4.78 is 5.71. The lowest BCUT2D eigenvalue weighted by Gasteiger charge is -2.32. The zero-order valence-corrected chi connectivity index (χ0v) is 14.0. The number of nitrogens with one attached hydrogen (secondary N) is 1. The minimum Gasteiger partial charge on any atom is -0.494 e. The Morgan fingerprint density at radius 2 is 1.92 bits per heavy atom. The van der Waals surface area contributed by atoms with Crippen LogP contribution in [0, 0.1) is 17.2 Å². The number of hydrogen-bond donors (Lipinski definition) is 1. The number of ether oxygens (including phenoxy) is 1. The van der Waals surface area contributed by atoms with Gasteiger partial charge in [-0.3, -0.25) is 4.79 Å². The van der Waals surface area contributed by atoms with Crippen molar-refractivity contribution in [3.8, 4) is 11.8 Å². The molecule has 3 rings (SSSR count). The highest BCUT2D eigenvalue weighted by Crippen LogP contribution is 2.29. The molecular formula is C19H25N3O2. The van der Waals surface area contributed by atoms with Gasteiger partial charge in [0.25, 0.3) is 0 Å². The van der Waals surface area contributed by atoms with Gasteiger partial charge in [0.05, 0.1) is 18.2 Å². The van der Waals surface area contributed by atoms with Crippen LogP contribution in [0.4, 0.5) is 0 Å². The first-order valence-corrected chi connectivity index (χ1v) is 8.90. The lowest BCUT2D eigenvalue weighted by atomic mass is 10.0. The summed E-state index contributed by atoms with van der Waals surface area (Å²) in [6, 6.07) is 9.69. The molecule has 0 spiro atoms. The molecule has 0 aromatic heterocycles. The number of hydrogen-bond acceptors (Lipinski definition) is 4. The molecular weight excluding hydrogens is 302 g/mol. The van der Waals surface area contributed by atoms with Crippen molar-refractivity contribution in [1.82, 2.24) is 10.2 Å². The maximum Gasteiger partial charge on any atom is 0.223 e. The van der Waals surface area contributed by atoms with Gasteiger partial charge < -0.3 is 15.0 Å². The number of carbonyl (C=O) groups excluding carboxylic acids is 1. The summed E-state index contributed by atoms with van der Waals surface area (Å²) in [5.41, 5.74) is 0.652. The van der Waals surface area contributed by atoms with E-state index in [0.717, 1.165) is 57.5 Å². The molecule has 128 valence electrons. The Bertz CT molecular complexity index is 582. The van der Waals surface area contributed by atoms with Crippen LogP contribution in [0.15, 0.2) is 24.3 Å². The van der Waals surface area contributed by atoms with Gasteiger partial charge in [0.2, 0.25) is 5.91 Å². The average Bonchev–Trinajstić information content (AvgIpc) is 3.46. The predicted molar refractivity (Wildman–Crippen MR) is 91.6 cm³/mol. The van der Waals surface area contributed by atoms with Gasteiger partial charge in [0, 0.05) is 31.6 Å². The first-order valence-electron chi connectivity index (χ1n) is 8.90. The van der Waals surface area contributed by atoms with E-state index in [1.165, 1.54) is 0 Å². The third kappa shape index (κ3) is 4.97. The molecule has 0 bridgehead atoms. The van der Waals surface area contributed by atoms with Crippen LogP contribution in [0.1, 0.15) is 37.7 Å². The molecule has 1 N–H and O–H groups in total. The van der Waals surface area contributed by atoms with Crippen LogP contribution in [-0.2, 0) is 4.79 Å². The number of piperidine rings is 1. The summed E-state index contributed by atoms with van der Waals surface area (Å²) in [5.74, 6) is 1.39. The van der Waals surface area contributed by atoms with Crippen molar-refractivity contribution in [3.63, 3.8) is 0 Å². The molecule has 1 aliphatic heterocycles. The van der Waals surface area contributed by atoms with Gasteiger partial charge in [0.1, 0.15) is 5.75 Å². The molecule has 1 aromatic carbocycles. The van der Waals surface area contributed by atoms with Crippen LogP contribution in [0.25, 0.3) is 0 Å². The van der Waals surface area contributed by atoms with Gasteiger partial charge in [-0.15, -0.1) is 0 Å². The molecule has 0 radical (unpaired) electrons. The zero-order chi connectivity index (χ0) is 16.8. The topological polar surface area (TPSA) is 65.4 Å². The van der Waals surface area contributed by atoms with Crippen molar-refractivity contribution in [2.24, 2.45) is 5.92 Å². The van der Waals surface area contributed by atoms with E-state index in [0.29, 0.717) is 24.1 Å². The summed E-state index contributed by atoms with van der Waals surface area (Å²) in [7, 11) is 0. The highest BCUT2D eigenvalue weighted by atomic mass is 16.5. The van der Waals surface area contributed by atoms with Crippen molar-refractivity contribution in [1.29, 1.82) is 5.26 Å². The fraction of sp³-hybridized carbons (Fsp3) is 0.579. The molecule has 1 saturated carbocycles. The third-order valence-corrected chi connectivity index (χ3v) is 4.75. The van der Waals surface area contributed by atoms with Crippen LogP contribution in [0.5, 0.6) is 5.75 Å². The Kier molecular flexibility index (Phi) is 5.71. The van der Waals surface area contributed by atoms with Gasteiger partial charge in [-0.05, 0) is 56.4 Å². The molecule has 1 aliphatic carbocycles. The number of carbonyl (C=O) groups is 1. The average molecular weight is 327 g/mol. The largest absolute Gasteiger partial charge is 0.494 e. The molecule has 1 amide bonds. The van der Waals surface area contributed by atoms with Crippen LogP contribution in [0.3, 0.4) is 0 Å². The Morgan fingerprint density at radius 3 is 2.54 bits per heavy atom. The normalized spacial score (nSPS) is 18.8. The number of rotatable bonds is 7. The van der Waals surface area contributed by atoms with E-state index < -0.39 is 0 Å². The quantitative estimate of drug-likeness (QED) is 0.781. The van der Waals surface area contributed by atoms with Crippen molar-refractivity contribution in [3.05, 3.63) is 29.8 Å². The molecule has 2 aliphatic rings. The van der Waals surface area contributed by atoms with Gasteiger partial charge in [-0.25, -0.2) is 0 Å². The fourth-order valence-electron chi connectivity index (χ4n) is 3.07. The summed E-state index contributed by atoms with van der Waals surface area (Å²) in [6.07, 6.45) is 5.23. The molecule has 5 nitrogen and oxygen atoms in total. The molecule has 1 saturated heterocycles. The van der Waals surface area contributed by atoms with Crippen LogP contribution in [-0.4, -0.2) is 43.1 Å². The second-order valence-corrected chi connectivity index (χ2v) is 6.74. The smallest absolute Gasteiger partial charge is 0.223 e. The Labute approximate surface area is 143 Å². The third-order valence-electron chi connectivity index (χ3n) is 4.75. The number of nitrogens with zero attached hydrogens (tertiary/aromatic N) is 2. The SMILES string of the molecule is N#Cc1ccc(OCCCN2CCC(NC(=O)C3CC3)CC2)cc1. The standard InChI is InChI=1S/C19H25N3O2/c20-14-15-2-6-18(7-3-15)24-13-1-10-22-11-8-17(9-12-22)21-19(23)16-4-5-16/h2-3,6-7,16-17H,1,4-5,8-13H2,(H,21,23). The van der Waals surface area contributed by atoms with E-state index in [4.69, 9.17) is 10.00 Å². The molecule has 0 atom stereocenters. The Balaban J connectivity index is 1.27. The molecule has 5 heteroatoms. The van der Waals surface area contributed by atoms with Crippen molar-refractivity contribution >= 4 is 5.91 Å². The number of benzene rings is 1. The van der Waals surface area contributed by atoms with E-state index in [9.17, 15) is 4.79 Å². The van der Waals surface area contributed by atoms with E-state index in [-0.39, 0.29) is 5.91 Å². The summed E-state index contributed by atoms with van der Waals surface area (Å²) in [5, 5.41) is 12.0.